The second-order valence-electron chi connectivity index (χ2n) is 10.5. The van der Waals surface area contributed by atoms with E-state index in [-0.39, 0.29) is 29.2 Å². The van der Waals surface area contributed by atoms with Crippen LogP contribution in [-0.2, 0) is 6.42 Å². The van der Waals surface area contributed by atoms with Crippen molar-refractivity contribution in [2.24, 2.45) is 5.92 Å². The van der Waals surface area contributed by atoms with Crippen LogP contribution >= 0.6 is 11.6 Å². The second-order valence-corrected chi connectivity index (χ2v) is 10.9. The van der Waals surface area contributed by atoms with Crippen molar-refractivity contribution in [2.75, 3.05) is 13.1 Å². The monoisotopic (exact) mass is 529 g/mol. The maximum Gasteiger partial charge on any atom is 0.268 e. The van der Waals surface area contributed by atoms with Crippen LogP contribution in [-0.4, -0.2) is 33.6 Å². The largest absolute Gasteiger partial charge is 0.507 e. The number of rotatable bonds is 8. The molecule has 6 nitrogen and oxygen atoms in total. The number of likely N-dealkylation sites (tertiary alicyclic amines) is 1. The topological polar surface area (TPSA) is 86.3 Å². The second kappa shape index (κ2) is 11.0. The van der Waals surface area contributed by atoms with Gasteiger partial charge in [-0.15, -0.1) is 0 Å². The highest BCUT2D eigenvalue weighted by Gasteiger charge is 2.38. The van der Waals surface area contributed by atoms with Gasteiger partial charge >= 0.3 is 0 Å². The van der Waals surface area contributed by atoms with Gasteiger partial charge in [0.1, 0.15) is 11.3 Å². The number of benzene rings is 2. The summed E-state index contributed by atoms with van der Waals surface area (Å²) in [5.74, 6) is -0.286. The Morgan fingerprint density at radius 3 is 2.61 bits per heavy atom. The summed E-state index contributed by atoms with van der Waals surface area (Å²) in [5, 5.41) is 21.2. The molecule has 38 heavy (non-hydrogen) atoms. The number of hydrogen-bond acceptors (Lipinski definition) is 4. The first-order chi connectivity index (χ1) is 18.4. The molecule has 7 heteroatoms. The number of nitrogens with zero attached hydrogens (tertiary/aromatic N) is 3. The van der Waals surface area contributed by atoms with E-state index in [1.165, 1.54) is 0 Å². The number of nitriles is 1. The van der Waals surface area contributed by atoms with Crippen LogP contribution in [0.4, 0.5) is 0 Å². The SMILES string of the molecule is CCCCc1cc(O)c(C(=O)N2CCC(c3ccc(Cl)cc3)C2)c(=O)n1[C@@H](c1cccc(C#N)c1)C1CC1. The third-order valence-electron chi connectivity index (χ3n) is 7.82. The summed E-state index contributed by atoms with van der Waals surface area (Å²) in [6, 6.07) is 18.6. The van der Waals surface area contributed by atoms with Gasteiger partial charge in [-0.2, -0.15) is 5.26 Å². The lowest BCUT2D eigenvalue weighted by Gasteiger charge is -2.26. The Morgan fingerprint density at radius 2 is 1.92 bits per heavy atom. The van der Waals surface area contributed by atoms with E-state index in [0.29, 0.717) is 30.1 Å². The van der Waals surface area contributed by atoms with Gasteiger partial charge in [0.05, 0.1) is 17.7 Å². The standard InChI is InChI=1S/C31H32ClN3O3/c1-2-3-7-26-17-27(36)28(30(37)34-15-14-24(19-34)21-10-12-25(32)13-11-21)31(38)35(26)29(22-8-9-22)23-6-4-5-20(16-23)18-33/h4-6,10-13,16-17,22,24,29,36H,2-3,7-9,14-15,19H2,1H3/t24?,29-/m1/s1. The Kier molecular flexibility index (Phi) is 7.58. The number of aromatic nitrogens is 1. The molecule has 0 radical (unpaired) electrons. The molecular formula is C31H32ClN3O3. The molecule has 2 aliphatic rings. The molecule has 1 saturated heterocycles. The average molecular weight is 530 g/mol. The first-order valence-corrected chi connectivity index (χ1v) is 13.8. The highest BCUT2D eigenvalue weighted by molar-refractivity contribution is 6.30. The number of aryl methyl sites for hydroxylation is 1. The molecular weight excluding hydrogens is 498 g/mol. The third kappa shape index (κ3) is 5.21. The van der Waals surface area contributed by atoms with Crippen molar-refractivity contribution in [2.45, 2.75) is 57.4 Å². The lowest BCUT2D eigenvalue weighted by Crippen LogP contribution is -2.38. The van der Waals surface area contributed by atoms with E-state index in [2.05, 4.69) is 13.0 Å². The van der Waals surface area contributed by atoms with Crippen LogP contribution in [0.25, 0.3) is 0 Å². The molecule has 5 rings (SSSR count). The van der Waals surface area contributed by atoms with Crippen LogP contribution < -0.4 is 5.56 Å². The van der Waals surface area contributed by atoms with E-state index in [4.69, 9.17) is 11.6 Å². The summed E-state index contributed by atoms with van der Waals surface area (Å²) in [5.41, 5.74) is 2.65. The van der Waals surface area contributed by atoms with Gasteiger partial charge in [-0.3, -0.25) is 9.59 Å². The zero-order chi connectivity index (χ0) is 26.8. The summed E-state index contributed by atoms with van der Waals surface area (Å²) >= 11 is 6.04. The van der Waals surface area contributed by atoms with Gasteiger partial charge < -0.3 is 14.6 Å². The van der Waals surface area contributed by atoms with Crippen molar-refractivity contribution in [3.63, 3.8) is 0 Å². The van der Waals surface area contributed by atoms with Crippen molar-refractivity contribution in [3.05, 3.63) is 97.9 Å². The van der Waals surface area contributed by atoms with Gasteiger partial charge in [0, 0.05) is 35.8 Å². The molecule has 1 aliphatic heterocycles. The van der Waals surface area contributed by atoms with E-state index in [1.807, 2.05) is 42.5 Å². The van der Waals surface area contributed by atoms with E-state index in [9.17, 15) is 20.0 Å². The summed E-state index contributed by atoms with van der Waals surface area (Å²) in [6.45, 7) is 3.07. The minimum Gasteiger partial charge on any atom is -0.507 e. The van der Waals surface area contributed by atoms with Crippen LogP contribution in [0, 0.1) is 17.2 Å². The van der Waals surface area contributed by atoms with Gasteiger partial charge in [-0.05, 0) is 73.4 Å². The van der Waals surface area contributed by atoms with E-state index >= 15 is 0 Å². The molecule has 0 bridgehead atoms. The average Bonchev–Trinajstić information content (AvgIpc) is 3.64. The van der Waals surface area contributed by atoms with Crippen LogP contribution in [0.2, 0.25) is 5.02 Å². The van der Waals surface area contributed by atoms with Gasteiger partial charge in [0.2, 0.25) is 0 Å². The fourth-order valence-corrected chi connectivity index (χ4v) is 5.79. The number of hydrogen-bond donors (Lipinski definition) is 1. The number of carbonyl (C=O) groups is 1. The molecule has 2 fully saturated rings. The Morgan fingerprint density at radius 1 is 1.16 bits per heavy atom. The van der Waals surface area contributed by atoms with Crippen molar-refractivity contribution in [1.29, 1.82) is 5.26 Å². The molecule has 2 atom stereocenters. The van der Waals surface area contributed by atoms with Crippen LogP contribution in [0.1, 0.15) is 83.7 Å². The number of aromatic hydroxyl groups is 1. The molecule has 3 aromatic rings. The molecule has 2 aromatic carbocycles. The number of unbranched alkanes of at least 4 members (excludes halogenated alkanes) is 1. The van der Waals surface area contributed by atoms with Gasteiger partial charge in [0.25, 0.3) is 11.5 Å². The molecule has 0 spiro atoms. The molecule has 1 N–H and O–H groups in total. The Balaban J connectivity index is 1.54. The lowest BCUT2D eigenvalue weighted by atomic mass is 9.98. The summed E-state index contributed by atoms with van der Waals surface area (Å²) in [7, 11) is 0. The van der Waals surface area contributed by atoms with Crippen LogP contribution in [0.3, 0.4) is 0 Å². The van der Waals surface area contributed by atoms with E-state index < -0.39 is 11.5 Å². The molecule has 1 aromatic heterocycles. The zero-order valence-electron chi connectivity index (χ0n) is 21.6. The number of amides is 1. The fourth-order valence-electron chi connectivity index (χ4n) is 5.66. The number of carbonyl (C=O) groups excluding carboxylic acids is 1. The van der Waals surface area contributed by atoms with Crippen molar-refractivity contribution in [3.8, 4) is 11.8 Å². The molecule has 1 amide bonds. The van der Waals surface area contributed by atoms with E-state index in [1.54, 1.807) is 21.6 Å². The molecule has 1 unspecified atom stereocenters. The molecule has 2 heterocycles. The summed E-state index contributed by atoms with van der Waals surface area (Å²) in [4.78, 5) is 29.5. The van der Waals surface area contributed by atoms with Crippen molar-refractivity contribution < 1.29 is 9.90 Å². The smallest absolute Gasteiger partial charge is 0.268 e. The predicted octanol–water partition coefficient (Wildman–Crippen LogP) is 6.05. The van der Waals surface area contributed by atoms with Gasteiger partial charge in [0.15, 0.2) is 0 Å². The molecule has 1 aliphatic carbocycles. The Hall–Kier alpha value is -3.56. The maximum atomic E-state index is 14.1. The Labute approximate surface area is 228 Å². The number of halogens is 1. The van der Waals surface area contributed by atoms with Crippen molar-refractivity contribution in [1.82, 2.24) is 9.47 Å². The van der Waals surface area contributed by atoms with Gasteiger partial charge in [-0.25, -0.2) is 0 Å². The summed E-state index contributed by atoms with van der Waals surface area (Å²) < 4.78 is 1.74. The predicted molar refractivity (Wildman–Crippen MR) is 148 cm³/mol. The van der Waals surface area contributed by atoms with E-state index in [0.717, 1.165) is 48.9 Å². The molecule has 196 valence electrons. The van der Waals surface area contributed by atoms with Gasteiger partial charge in [-0.1, -0.05) is 49.2 Å². The summed E-state index contributed by atoms with van der Waals surface area (Å²) in [6.07, 6.45) is 5.14. The van der Waals surface area contributed by atoms with Crippen LogP contribution in [0.15, 0.2) is 59.4 Å². The van der Waals surface area contributed by atoms with Crippen LogP contribution in [0.5, 0.6) is 5.75 Å². The minimum absolute atomic E-state index is 0.150. The number of pyridine rings is 1. The third-order valence-corrected chi connectivity index (χ3v) is 8.07. The normalized spacial score (nSPS) is 17.8. The van der Waals surface area contributed by atoms with Crippen molar-refractivity contribution >= 4 is 17.5 Å². The molecule has 1 saturated carbocycles. The zero-order valence-corrected chi connectivity index (χ0v) is 22.3. The highest BCUT2D eigenvalue weighted by Crippen LogP contribution is 2.44. The Bertz CT molecular complexity index is 1440. The highest BCUT2D eigenvalue weighted by atomic mass is 35.5. The first-order valence-electron chi connectivity index (χ1n) is 13.4. The fraction of sp³-hybridized carbons (Fsp3) is 0.387. The lowest BCUT2D eigenvalue weighted by molar-refractivity contribution is 0.0784. The minimum atomic E-state index is -0.449. The first kappa shape index (κ1) is 26.1. The quantitative estimate of drug-likeness (QED) is 0.385. The maximum absolute atomic E-state index is 14.1.